The van der Waals surface area contributed by atoms with Crippen LogP contribution in [-0.2, 0) is 17.8 Å². The maximum atomic E-state index is 5.69. The molecule has 9 nitrogen and oxygen atoms in total. The molecular weight excluding hydrogens is 394 g/mol. The summed E-state index contributed by atoms with van der Waals surface area (Å²) in [6, 6.07) is 0.375. The standard InChI is InChI=1S/C22H33N7O2/c1-4-7-16(8-5-2)25-20-17-14-24-29(6-3)21(17)23-13-18(20)22-26-19(27-31-22)15-28-9-11-30-12-10-28/h13-14,16H,4-12,15H2,1-3H3,(H,23,25). The molecule has 0 atom stereocenters. The van der Waals surface area contributed by atoms with E-state index in [1.165, 1.54) is 0 Å². The Morgan fingerprint density at radius 3 is 2.58 bits per heavy atom. The molecule has 0 unspecified atom stereocenters. The number of hydrogen-bond acceptors (Lipinski definition) is 8. The van der Waals surface area contributed by atoms with Crippen LogP contribution in [0.1, 0.15) is 52.3 Å². The molecule has 0 radical (unpaired) electrons. The second-order valence-electron chi connectivity index (χ2n) is 8.07. The van der Waals surface area contributed by atoms with Crippen LogP contribution in [0.5, 0.6) is 0 Å². The Hall–Kier alpha value is -2.52. The van der Waals surface area contributed by atoms with Crippen molar-refractivity contribution in [2.75, 3.05) is 31.6 Å². The third-order valence-electron chi connectivity index (χ3n) is 5.76. The van der Waals surface area contributed by atoms with Crippen LogP contribution in [-0.4, -0.2) is 62.2 Å². The number of nitrogens with one attached hydrogen (secondary N) is 1. The number of pyridine rings is 1. The van der Waals surface area contributed by atoms with E-state index in [9.17, 15) is 0 Å². The van der Waals surface area contributed by atoms with E-state index < -0.39 is 0 Å². The number of rotatable bonds is 10. The molecule has 1 N–H and O–H groups in total. The van der Waals surface area contributed by atoms with Crippen molar-refractivity contribution in [2.45, 2.75) is 65.6 Å². The van der Waals surface area contributed by atoms with Crippen LogP contribution in [0, 0.1) is 0 Å². The minimum absolute atomic E-state index is 0.375. The third-order valence-corrected chi connectivity index (χ3v) is 5.76. The lowest BCUT2D eigenvalue weighted by Gasteiger charge is -2.24. The van der Waals surface area contributed by atoms with Gasteiger partial charge in [-0.1, -0.05) is 31.8 Å². The molecule has 0 aliphatic carbocycles. The van der Waals surface area contributed by atoms with Gasteiger partial charge in [0.05, 0.1) is 42.6 Å². The van der Waals surface area contributed by atoms with E-state index in [4.69, 9.17) is 14.2 Å². The number of ether oxygens (including phenoxy) is 1. The fourth-order valence-corrected chi connectivity index (χ4v) is 4.15. The van der Waals surface area contributed by atoms with Gasteiger partial charge in [-0.25, -0.2) is 9.67 Å². The summed E-state index contributed by atoms with van der Waals surface area (Å²) in [5.74, 6) is 1.18. The first-order chi connectivity index (χ1) is 15.2. The highest BCUT2D eigenvalue weighted by molar-refractivity contribution is 5.96. The summed E-state index contributed by atoms with van der Waals surface area (Å²) in [6.45, 7) is 11.2. The SMILES string of the molecule is CCCC(CCC)Nc1c(-c2nc(CN3CCOCC3)no2)cnc2c1cnn2CC. The first kappa shape index (κ1) is 21.7. The Morgan fingerprint density at radius 1 is 1.10 bits per heavy atom. The van der Waals surface area contributed by atoms with Crippen LogP contribution in [0.3, 0.4) is 0 Å². The molecule has 9 heteroatoms. The van der Waals surface area contributed by atoms with E-state index in [-0.39, 0.29) is 0 Å². The Kier molecular flexibility index (Phi) is 7.14. The van der Waals surface area contributed by atoms with E-state index in [1.807, 2.05) is 17.1 Å². The van der Waals surface area contributed by atoms with E-state index in [0.29, 0.717) is 24.3 Å². The van der Waals surface area contributed by atoms with Gasteiger partial charge in [0.2, 0.25) is 0 Å². The van der Waals surface area contributed by atoms with Crippen molar-refractivity contribution in [1.29, 1.82) is 0 Å². The predicted molar refractivity (Wildman–Crippen MR) is 120 cm³/mol. The van der Waals surface area contributed by atoms with Gasteiger partial charge in [-0.05, 0) is 19.8 Å². The summed E-state index contributed by atoms with van der Waals surface area (Å²) in [5, 5.41) is 13.5. The summed E-state index contributed by atoms with van der Waals surface area (Å²) in [5.41, 5.74) is 2.69. The molecule has 1 aliphatic heterocycles. The van der Waals surface area contributed by atoms with Gasteiger partial charge in [-0.3, -0.25) is 4.90 Å². The molecule has 3 aromatic heterocycles. The van der Waals surface area contributed by atoms with E-state index in [1.54, 1.807) is 0 Å². The number of fused-ring (bicyclic) bond motifs is 1. The first-order valence-electron chi connectivity index (χ1n) is 11.5. The number of nitrogens with zero attached hydrogens (tertiary/aromatic N) is 6. The monoisotopic (exact) mass is 427 g/mol. The third kappa shape index (κ3) is 4.88. The normalized spacial score (nSPS) is 15.2. The van der Waals surface area contributed by atoms with Crippen LogP contribution >= 0.6 is 0 Å². The molecule has 168 valence electrons. The van der Waals surface area contributed by atoms with Crippen LogP contribution in [0.15, 0.2) is 16.9 Å². The highest BCUT2D eigenvalue weighted by atomic mass is 16.5. The lowest BCUT2D eigenvalue weighted by atomic mass is 10.0. The van der Waals surface area contributed by atoms with Gasteiger partial charge >= 0.3 is 0 Å². The lowest BCUT2D eigenvalue weighted by molar-refractivity contribution is 0.0327. The Labute approximate surface area is 183 Å². The molecule has 31 heavy (non-hydrogen) atoms. The molecule has 1 saturated heterocycles. The average Bonchev–Trinajstić information content (AvgIpc) is 3.42. The van der Waals surface area contributed by atoms with Gasteiger partial charge in [-0.15, -0.1) is 0 Å². The zero-order valence-electron chi connectivity index (χ0n) is 18.8. The Morgan fingerprint density at radius 2 is 1.87 bits per heavy atom. The highest BCUT2D eigenvalue weighted by Gasteiger charge is 2.22. The molecule has 4 heterocycles. The lowest BCUT2D eigenvalue weighted by Crippen LogP contribution is -2.35. The van der Waals surface area contributed by atoms with Gasteiger partial charge < -0.3 is 14.6 Å². The molecule has 0 amide bonds. The highest BCUT2D eigenvalue weighted by Crippen LogP contribution is 2.34. The summed E-state index contributed by atoms with van der Waals surface area (Å²) < 4.78 is 13.0. The van der Waals surface area contributed by atoms with Crippen LogP contribution in [0.25, 0.3) is 22.5 Å². The van der Waals surface area contributed by atoms with Gasteiger partial charge in [0.1, 0.15) is 0 Å². The zero-order valence-corrected chi connectivity index (χ0v) is 18.8. The van der Waals surface area contributed by atoms with Gasteiger partial charge in [0.15, 0.2) is 11.5 Å². The summed E-state index contributed by atoms with van der Waals surface area (Å²) in [6.07, 6.45) is 8.17. The molecule has 0 aromatic carbocycles. The number of hydrogen-bond donors (Lipinski definition) is 1. The molecular formula is C22H33N7O2. The zero-order chi connectivity index (χ0) is 21.6. The number of aromatic nitrogens is 5. The Balaban J connectivity index is 1.67. The fraction of sp³-hybridized carbons (Fsp3) is 0.636. The van der Waals surface area contributed by atoms with Crippen molar-refractivity contribution in [3.8, 4) is 11.5 Å². The maximum absolute atomic E-state index is 5.69. The first-order valence-corrected chi connectivity index (χ1v) is 11.5. The summed E-state index contributed by atoms with van der Waals surface area (Å²) >= 11 is 0. The van der Waals surface area contributed by atoms with Crippen molar-refractivity contribution in [3.63, 3.8) is 0 Å². The number of anilines is 1. The second kappa shape index (κ2) is 10.2. The van der Waals surface area contributed by atoms with Crippen molar-refractivity contribution in [3.05, 3.63) is 18.2 Å². The van der Waals surface area contributed by atoms with Crippen molar-refractivity contribution >= 4 is 16.7 Å². The van der Waals surface area contributed by atoms with E-state index in [0.717, 1.165) is 80.8 Å². The summed E-state index contributed by atoms with van der Waals surface area (Å²) in [4.78, 5) is 11.7. The largest absolute Gasteiger partial charge is 0.381 e. The predicted octanol–water partition coefficient (Wildman–Crippen LogP) is 3.71. The van der Waals surface area contributed by atoms with Crippen molar-refractivity contribution in [2.24, 2.45) is 0 Å². The molecule has 4 rings (SSSR count). The van der Waals surface area contributed by atoms with Crippen molar-refractivity contribution in [1.82, 2.24) is 29.8 Å². The van der Waals surface area contributed by atoms with E-state index >= 15 is 0 Å². The molecule has 3 aromatic rings. The Bertz CT molecular complexity index is 972. The fourth-order valence-electron chi connectivity index (χ4n) is 4.15. The maximum Gasteiger partial charge on any atom is 0.261 e. The van der Waals surface area contributed by atoms with Crippen LogP contribution in [0.2, 0.25) is 0 Å². The quantitative estimate of drug-likeness (QED) is 0.523. The second-order valence-corrected chi connectivity index (χ2v) is 8.07. The minimum Gasteiger partial charge on any atom is -0.381 e. The molecule has 1 aliphatic rings. The number of morpholine rings is 1. The average molecular weight is 428 g/mol. The topological polar surface area (TPSA) is 94.1 Å². The smallest absolute Gasteiger partial charge is 0.261 e. The molecule has 1 fully saturated rings. The van der Waals surface area contributed by atoms with Gasteiger partial charge in [0.25, 0.3) is 5.89 Å². The van der Waals surface area contributed by atoms with Crippen LogP contribution in [0.4, 0.5) is 5.69 Å². The molecule has 0 saturated carbocycles. The number of aryl methyl sites for hydroxylation is 1. The summed E-state index contributed by atoms with van der Waals surface area (Å²) in [7, 11) is 0. The van der Waals surface area contributed by atoms with Crippen LogP contribution < -0.4 is 5.32 Å². The molecule has 0 spiro atoms. The van der Waals surface area contributed by atoms with E-state index in [2.05, 4.69) is 46.2 Å². The minimum atomic E-state index is 0.375. The van der Waals surface area contributed by atoms with Gasteiger partial charge in [-0.2, -0.15) is 10.1 Å². The van der Waals surface area contributed by atoms with Crippen molar-refractivity contribution < 1.29 is 9.26 Å². The van der Waals surface area contributed by atoms with Gasteiger partial charge in [0, 0.05) is 31.9 Å². The molecule has 0 bridgehead atoms.